The molecule has 4 atom stereocenters. The Balaban J connectivity index is 1.10. The molecule has 2 heterocycles. The third-order valence-electron chi connectivity index (χ3n) is 8.59. The summed E-state index contributed by atoms with van der Waals surface area (Å²) in [5, 5.41) is 20.0. The van der Waals surface area contributed by atoms with E-state index < -0.39 is 13.4 Å². The van der Waals surface area contributed by atoms with Gasteiger partial charge in [-0.25, -0.2) is 9.36 Å². The van der Waals surface area contributed by atoms with Crippen LogP contribution in [0.5, 0.6) is 11.5 Å². The van der Waals surface area contributed by atoms with E-state index >= 15 is 0 Å². The molecule has 12 nitrogen and oxygen atoms in total. The maximum atomic E-state index is 14.7. The molecular weight excluding hydrogens is 675 g/mol. The molecule has 266 valence electrons. The Kier molecular flexibility index (Phi) is 13.2. The van der Waals surface area contributed by atoms with Crippen LogP contribution in [0.15, 0.2) is 84.9 Å². The zero-order valence-corrected chi connectivity index (χ0v) is 29.6. The Morgan fingerprint density at radius 1 is 0.860 bits per heavy atom. The molecule has 7 N–H and O–H groups in total. The highest BCUT2D eigenvalue weighted by molar-refractivity contribution is 8.00. The highest BCUT2D eigenvalue weighted by atomic mass is 32.2. The van der Waals surface area contributed by atoms with Crippen molar-refractivity contribution in [3.05, 3.63) is 96.1 Å². The summed E-state index contributed by atoms with van der Waals surface area (Å²) in [5.74, 6) is -0.0400. The number of carbonyl (C=O) groups is 3. The van der Waals surface area contributed by atoms with Gasteiger partial charge in [-0.2, -0.15) is 11.8 Å². The maximum absolute atomic E-state index is 14.7. The highest BCUT2D eigenvalue weighted by Gasteiger charge is 2.43. The van der Waals surface area contributed by atoms with Gasteiger partial charge in [0, 0.05) is 36.0 Å². The molecule has 0 radical (unpaired) electrons. The lowest BCUT2D eigenvalue weighted by Crippen LogP contribution is -2.36. The summed E-state index contributed by atoms with van der Waals surface area (Å²) in [7, 11) is -4.16. The predicted molar refractivity (Wildman–Crippen MR) is 196 cm³/mol. The second-order valence-corrected chi connectivity index (χ2v) is 15.6. The van der Waals surface area contributed by atoms with Crippen molar-refractivity contribution in [2.75, 3.05) is 12.3 Å². The maximum Gasteiger partial charge on any atom is 0.457 e. The van der Waals surface area contributed by atoms with Crippen molar-refractivity contribution in [1.29, 1.82) is 5.41 Å². The van der Waals surface area contributed by atoms with Gasteiger partial charge < -0.3 is 36.0 Å². The number of benzene rings is 3. The van der Waals surface area contributed by atoms with Crippen LogP contribution in [0, 0.1) is 5.41 Å². The van der Waals surface area contributed by atoms with Crippen LogP contribution in [-0.2, 0) is 14.2 Å². The zero-order valence-electron chi connectivity index (χ0n) is 27.8. The summed E-state index contributed by atoms with van der Waals surface area (Å²) in [5.41, 5.74) is 6.60. The largest absolute Gasteiger partial charge is 0.457 e. The molecule has 3 aromatic rings. The van der Waals surface area contributed by atoms with Crippen molar-refractivity contribution < 1.29 is 28.0 Å². The van der Waals surface area contributed by atoms with Gasteiger partial charge in [0.1, 0.15) is 17.3 Å². The van der Waals surface area contributed by atoms with E-state index in [0.717, 1.165) is 31.4 Å². The van der Waals surface area contributed by atoms with Crippen molar-refractivity contribution in [3.63, 3.8) is 0 Å². The number of fused-ring (bicyclic) bond motifs is 1. The van der Waals surface area contributed by atoms with Crippen molar-refractivity contribution in [3.8, 4) is 11.5 Å². The molecule has 3 aromatic carbocycles. The fourth-order valence-corrected chi connectivity index (χ4v) is 9.44. The summed E-state index contributed by atoms with van der Waals surface area (Å²) < 4.78 is 26.8. The molecule has 0 aromatic heterocycles. The van der Waals surface area contributed by atoms with Gasteiger partial charge in [-0.05, 0) is 55.5 Å². The first kappa shape index (κ1) is 36.8. The number of hydrogen-bond acceptors (Lipinski definition) is 8. The van der Waals surface area contributed by atoms with Gasteiger partial charge >= 0.3 is 13.6 Å². The molecule has 50 heavy (non-hydrogen) atoms. The summed E-state index contributed by atoms with van der Waals surface area (Å²) in [6, 6.07) is 24.1. The fourth-order valence-electron chi connectivity index (χ4n) is 5.97. The molecule has 2 aliphatic rings. The number of nitrogen functional groups attached to an aromatic ring is 1. The molecule has 1 unspecified atom stereocenters. The normalized spacial score (nSPS) is 18.6. The molecule has 0 aliphatic carbocycles. The number of urea groups is 1. The summed E-state index contributed by atoms with van der Waals surface area (Å²) in [6.45, 7) is 0.524. The molecule has 4 amide bonds. The van der Waals surface area contributed by atoms with Crippen LogP contribution in [-0.4, -0.2) is 53.3 Å². The molecule has 5 rings (SSSR count). The number of amidine groups is 1. The van der Waals surface area contributed by atoms with Gasteiger partial charge in [-0.1, -0.05) is 73.5 Å². The van der Waals surface area contributed by atoms with Gasteiger partial charge in [0.25, 0.3) is 0 Å². The number of nitrogens with one attached hydrogen (secondary N) is 5. The van der Waals surface area contributed by atoms with Gasteiger partial charge in [0.2, 0.25) is 11.8 Å². The summed E-state index contributed by atoms with van der Waals surface area (Å²) in [6.07, 6.45) is 5.33. The van der Waals surface area contributed by atoms with Crippen LogP contribution in [0.1, 0.15) is 68.3 Å². The smallest absolute Gasteiger partial charge is 0.414 e. The number of amides is 4. The van der Waals surface area contributed by atoms with E-state index in [1.807, 2.05) is 23.9 Å². The summed E-state index contributed by atoms with van der Waals surface area (Å²) in [4.78, 5) is 37.2. The lowest BCUT2D eigenvalue weighted by molar-refractivity contribution is -0.122. The minimum atomic E-state index is -4.16. The number of unbranched alkanes of at least 4 members (excludes halogenated alkanes) is 3. The average molecular weight is 721 g/mol. The van der Waals surface area contributed by atoms with E-state index in [9.17, 15) is 18.9 Å². The van der Waals surface area contributed by atoms with Crippen molar-refractivity contribution in [1.82, 2.24) is 21.3 Å². The number of thioether (sulfide) groups is 1. The molecule has 2 saturated heterocycles. The molecule has 0 spiro atoms. The second-order valence-electron chi connectivity index (χ2n) is 12.4. The van der Waals surface area contributed by atoms with Crippen molar-refractivity contribution >= 4 is 43.0 Å². The minimum absolute atomic E-state index is 0.0155. The van der Waals surface area contributed by atoms with E-state index in [4.69, 9.17) is 20.2 Å². The number of nitrogens with two attached hydrogens (primary N) is 1. The lowest BCUT2D eigenvalue weighted by atomic mass is 10.0. The molecule has 14 heteroatoms. The standard InChI is InChI=1S/C36H45N6O6PS/c37-34(38)25-19-21-26(22-20-25)35(49(46,47-27-12-4-1-5-13-27)48-28-14-6-2-7-15-28)41-32(44)18-8-3-11-23-39-31(43)17-10-9-16-30-33-29(24-50-30)40-36(45)42-33/h1-2,4-7,12-15,19-22,29-30,33,35H,3,8-11,16-18,23-24H2,(H3,37,38)(H,39,43)(H,41,44)(H2,40,42,45)/t29-,30-,33-,35?/m0/s1. The lowest BCUT2D eigenvalue weighted by Gasteiger charge is -2.28. The Morgan fingerprint density at radius 2 is 1.48 bits per heavy atom. The third-order valence-corrected chi connectivity index (χ3v) is 12.1. The van der Waals surface area contributed by atoms with Crippen LogP contribution in [0.3, 0.4) is 0 Å². The first-order valence-electron chi connectivity index (χ1n) is 17.0. The Morgan fingerprint density at radius 3 is 2.12 bits per heavy atom. The van der Waals surface area contributed by atoms with Crippen LogP contribution in [0.4, 0.5) is 4.79 Å². The number of hydrogen-bond donors (Lipinski definition) is 6. The molecular formula is C36H45N6O6PS. The van der Waals surface area contributed by atoms with Crippen LogP contribution in [0.25, 0.3) is 0 Å². The van der Waals surface area contributed by atoms with E-state index in [1.54, 1.807) is 72.8 Å². The van der Waals surface area contributed by atoms with E-state index in [0.29, 0.717) is 53.7 Å². The van der Waals surface area contributed by atoms with Crippen molar-refractivity contribution in [2.24, 2.45) is 5.73 Å². The first-order chi connectivity index (χ1) is 24.2. The summed E-state index contributed by atoms with van der Waals surface area (Å²) >= 11 is 1.88. The SMILES string of the molecule is N=C(N)c1ccc(C(NC(=O)CCCCCNC(=O)CCCC[C@@H]2SC[C@@H]3NC(=O)N[C@@H]32)P(=O)(Oc2ccccc2)Oc2ccccc2)cc1. The van der Waals surface area contributed by atoms with Gasteiger partial charge in [0.05, 0.1) is 12.1 Å². The van der Waals surface area contributed by atoms with Gasteiger partial charge in [-0.3, -0.25) is 15.0 Å². The van der Waals surface area contributed by atoms with Crippen LogP contribution in [0.2, 0.25) is 0 Å². The van der Waals surface area contributed by atoms with Gasteiger partial charge in [0.15, 0.2) is 5.78 Å². The van der Waals surface area contributed by atoms with Crippen LogP contribution >= 0.6 is 19.4 Å². The van der Waals surface area contributed by atoms with Crippen LogP contribution < -0.4 is 36.0 Å². The number of para-hydroxylation sites is 2. The Bertz CT molecular complexity index is 1600. The molecule has 0 saturated carbocycles. The quantitative estimate of drug-likeness (QED) is 0.0293. The van der Waals surface area contributed by atoms with E-state index in [1.165, 1.54) is 0 Å². The monoisotopic (exact) mass is 720 g/mol. The zero-order chi connectivity index (χ0) is 35.3. The van der Waals surface area contributed by atoms with E-state index in [-0.39, 0.29) is 42.2 Å². The Hall–Kier alpha value is -4.48. The Labute approximate surface area is 297 Å². The number of carbonyl (C=O) groups excluding carboxylic acids is 3. The average Bonchev–Trinajstić information content (AvgIpc) is 3.67. The number of rotatable bonds is 19. The second kappa shape index (κ2) is 18.0. The first-order valence-corrected chi connectivity index (χ1v) is 19.6. The third kappa shape index (κ3) is 10.5. The van der Waals surface area contributed by atoms with Crippen molar-refractivity contribution in [2.45, 2.75) is 74.5 Å². The fraction of sp³-hybridized carbons (Fsp3) is 0.389. The van der Waals surface area contributed by atoms with Gasteiger partial charge in [-0.15, -0.1) is 0 Å². The van der Waals surface area contributed by atoms with E-state index in [2.05, 4.69) is 21.3 Å². The molecule has 2 aliphatic heterocycles. The highest BCUT2D eigenvalue weighted by Crippen LogP contribution is 2.59. The molecule has 0 bridgehead atoms. The topological polar surface area (TPSA) is 185 Å². The minimum Gasteiger partial charge on any atom is -0.414 e. The molecule has 2 fully saturated rings. The predicted octanol–water partition coefficient (Wildman–Crippen LogP) is 5.84.